The molecule has 0 aliphatic heterocycles. The first kappa shape index (κ1) is 15.9. The van der Waals surface area contributed by atoms with E-state index < -0.39 is 15.8 Å². The van der Waals surface area contributed by atoms with Crippen molar-refractivity contribution in [1.29, 1.82) is 0 Å². The van der Waals surface area contributed by atoms with Gasteiger partial charge in [0, 0.05) is 18.1 Å². The lowest BCUT2D eigenvalue weighted by atomic mass is 10.2. The van der Waals surface area contributed by atoms with E-state index in [0.717, 1.165) is 4.31 Å². The van der Waals surface area contributed by atoms with Gasteiger partial charge in [-0.15, -0.1) is 0 Å². The van der Waals surface area contributed by atoms with Crippen LogP contribution in [-0.2, 0) is 16.6 Å². The van der Waals surface area contributed by atoms with Gasteiger partial charge in [-0.3, -0.25) is 0 Å². The summed E-state index contributed by atoms with van der Waals surface area (Å²) in [4.78, 5) is 0.0239. The predicted octanol–water partition coefficient (Wildman–Crippen LogP) is 2.99. The summed E-state index contributed by atoms with van der Waals surface area (Å²) in [5.74, 6) is -0.403. The molecule has 112 valence electrons. The molecule has 0 bridgehead atoms. The first-order chi connectivity index (χ1) is 9.80. The van der Waals surface area contributed by atoms with Crippen molar-refractivity contribution in [2.45, 2.75) is 11.4 Å². The number of hydrogen-bond acceptors (Lipinski definition) is 3. The third-order valence-corrected chi connectivity index (χ3v) is 5.31. The number of nitrogen functional groups attached to an aromatic ring is 1. The highest BCUT2D eigenvalue weighted by Gasteiger charge is 2.23. The Hall–Kier alpha value is -1.44. The van der Waals surface area contributed by atoms with Gasteiger partial charge in [0.05, 0.1) is 5.69 Å². The average Bonchev–Trinajstić information content (AvgIpc) is 2.41. The Labute approximate surface area is 131 Å². The minimum absolute atomic E-state index is 0.0239. The number of nitrogens with zero attached hydrogens (tertiary/aromatic N) is 1. The highest BCUT2D eigenvalue weighted by atomic mass is 79.9. The van der Waals surface area contributed by atoms with Gasteiger partial charge in [0.1, 0.15) is 10.7 Å². The number of sulfonamides is 1. The maximum atomic E-state index is 13.2. The zero-order chi connectivity index (χ0) is 15.6. The van der Waals surface area contributed by atoms with Crippen LogP contribution < -0.4 is 5.73 Å². The zero-order valence-corrected chi connectivity index (χ0v) is 13.7. The molecule has 0 fully saturated rings. The molecule has 0 aliphatic rings. The van der Waals surface area contributed by atoms with Crippen molar-refractivity contribution in [2.24, 2.45) is 0 Å². The van der Waals surface area contributed by atoms with Gasteiger partial charge in [-0.2, -0.15) is 4.31 Å². The summed E-state index contributed by atoms with van der Waals surface area (Å²) in [6.45, 7) is 0.0616. The molecule has 2 aromatic carbocycles. The van der Waals surface area contributed by atoms with Crippen molar-refractivity contribution in [1.82, 2.24) is 4.31 Å². The van der Waals surface area contributed by atoms with Gasteiger partial charge in [-0.05, 0) is 35.9 Å². The van der Waals surface area contributed by atoms with Crippen LogP contribution in [0, 0.1) is 5.82 Å². The van der Waals surface area contributed by atoms with Crippen LogP contribution in [0.25, 0.3) is 0 Å². The van der Waals surface area contributed by atoms with Crippen LogP contribution in [0.2, 0.25) is 0 Å². The number of anilines is 1. The maximum Gasteiger partial charge on any atom is 0.245 e. The van der Waals surface area contributed by atoms with E-state index >= 15 is 0 Å². The van der Waals surface area contributed by atoms with Gasteiger partial charge in [0.15, 0.2) is 0 Å². The molecule has 7 heteroatoms. The summed E-state index contributed by atoms with van der Waals surface area (Å²) < 4.78 is 40.0. The van der Waals surface area contributed by atoms with Crippen molar-refractivity contribution in [3.8, 4) is 0 Å². The van der Waals surface area contributed by atoms with Crippen molar-refractivity contribution in [3.05, 3.63) is 58.3 Å². The van der Waals surface area contributed by atoms with E-state index in [1.54, 1.807) is 18.2 Å². The average molecular weight is 373 g/mol. The van der Waals surface area contributed by atoms with Gasteiger partial charge in [0.2, 0.25) is 10.0 Å². The fraction of sp³-hybridized carbons (Fsp3) is 0.143. The van der Waals surface area contributed by atoms with Gasteiger partial charge in [0.25, 0.3) is 0 Å². The Morgan fingerprint density at radius 3 is 2.62 bits per heavy atom. The van der Waals surface area contributed by atoms with Gasteiger partial charge in [-0.1, -0.05) is 28.1 Å². The molecule has 21 heavy (non-hydrogen) atoms. The second-order valence-corrected chi connectivity index (χ2v) is 7.50. The summed E-state index contributed by atoms with van der Waals surface area (Å²) in [5.41, 5.74) is 6.48. The summed E-state index contributed by atoms with van der Waals surface area (Å²) in [6, 6.07) is 10.5. The van der Waals surface area contributed by atoms with Crippen molar-refractivity contribution in [2.75, 3.05) is 12.8 Å². The normalized spacial score (nSPS) is 11.8. The third kappa shape index (κ3) is 3.61. The lowest BCUT2D eigenvalue weighted by Crippen LogP contribution is -2.27. The number of nitrogens with two attached hydrogens (primary N) is 1. The fourth-order valence-electron chi connectivity index (χ4n) is 1.88. The summed E-state index contributed by atoms with van der Waals surface area (Å²) in [7, 11) is -2.32. The van der Waals surface area contributed by atoms with Gasteiger partial charge in [-0.25, -0.2) is 12.8 Å². The molecule has 0 radical (unpaired) electrons. The quantitative estimate of drug-likeness (QED) is 0.839. The molecule has 2 aromatic rings. The molecular weight excluding hydrogens is 359 g/mol. The summed E-state index contributed by atoms with van der Waals surface area (Å²) in [6.07, 6.45) is 0. The van der Waals surface area contributed by atoms with Crippen LogP contribution in [0.15, 0.2) is 51.8 Å². The van der Waals surface area contributed by atoms with E-state index in [0.29, 0.717) is 10.0 Å². The summed E-state index contributed by atoms with van der Waals surface area (Å²) >= 11 is 3.23. The topological polar surface area (TPSA) is 63.4 Å². The Kier molecular flexibility index (Phi) is 4.65. The molecular formula is C14H14BrFN2O2S. The standard InChI is InChI=1S/C14H14BrFN2O2S/c1-18(9-10-3-2-4-12(16)7-10)21(19,20)14-8-11(15)5-6-13(14)17/h2-8H,9,17H2,1H3. The smallest absolute Gasteiger partial charge is 0.245 e. The Morgan fingerprint density at radius 1 is 1.24 bits per heavy atom. The van der Waals surface area contributed by atoms with Crippen LogP contribution in [0.4, 0.5) is 10.1 Å². The minimum Gasteiger partial charge on any atom is -0.398 e. The number of rotatable bonds is 4. The first-order valence-electron chi connectivity index (χ1n) is 6.06. The maximum absolute atomic E-state index is 13.2. The monoisotopic (exact) mass is 372 g/mol. The van der Waals surface area contributed by atoms with E-state index in [2.05, 4.69) is 15.9 Å². The van der Waals surface area contributed by atoms with Crippen molar-refractivity contribution < 1.29 is 12.8 Å². The molecule has 0 aliphatic carbocycles. The minimum atomic E-state index is -3.75. The predicted molar refractivity (Wildman–Crippen MR) is 83.6 cm³/mol. The second kappa shape index (κ2) is 6.13. The molecule has 0 saturated carbocycles. The summed E-state index contributed by atoms with van der Waals surface area (Å²) in [5, 5.41) is 0. The molecule has 0 atom stereocenters. The molecule has 2 rings (SSSR count). The zero-order valence-electron chi connectivity index (χ0n) is 11.3. The van der Waals surface area contributed by atoms with E-state index in [9.17, 15) is 12.8 Å². The molecule has 0 amide bonds. The van der Waals surface area contributed by atoms with E-state index in [-0.39, 0.29) is 17.1 Å². The molecule has 0 heterocycles. The highest BCUT2D eigenvalue weighted by Crippen LogP contribution is 2.26. The van der Waals surface area contributed by atoms with Crippen LogP contribution >= 0.6 is 15.9 Å². The second-order valence-electron chi connectivity index (χ2n) is 4.57. The highest BCUT2D eigenvalue weighted by molar-refractivity contribution is 9.10. The van der Waals surface area contributed by atoms with E-state index in [1.807, 2.05) is 0 Å². The molecule has 4 nitrogen and oxygen atoms in total. The van der Waals surface area contributed by atoms with Crippen LogP contribution in [0.5, 0.6) is 0 Å². The fourth-order valence-corrected chi connectivity index (χ4v) is 3.69. The lowest BCUT2D eigenvalue weighted by Gasteiger charge is -2.18. The van der Waals surface area contributed by atoms with Crippen LogP contribution in [0.3, 0.4) is 0 Å². The Morgan fingerprint density at radius 2 is 1.95 bits per heavy atom. The van der Waals surface area contributed by atoms with Crippen LogP contribution in [-0.4, -0.2) is 19.8 Å². The Bertz CT molecular complexity index is 765. The molecule has 0 spiro atoms. The lowest BCUT2D eigenvalue weighted by molar-refractivity contribution is 0.465. The van der Waals surface area contributed by atoms with Crippen molar-refractivity contribution in [3.63, 3.8) is 0 Å². The number of hydrogen-bond donors (Lipinski definition) is 1. The first-order valence-corrected chi connectivity index (χ1v) is 8.30. The molecule has 2 N–H and O–H groups in total. The van der Waals surface area contributed by atoms with Gasteiger partial charge < -0.3 is 5.73 Å². The van der Waals surface area contributed by atoms with Crippen LogP contribution in [0.1, 0.15) is 5.56 Å². The van der Waals surface area contributed by atoms with E-state index in [1.165, 1.54) is 31.3 Å². The van der Waals surface area contributed by atoms with Crippen molar-refractivity contribution >= 4 is 31.6 Å². The van der Waals surface area contributed by atoms with E-state index in [4.69, 9.17) is 5.73 Å². The largest absolute Gasteiger partial charge is 0.398 e. The third-order valence-electron chi connectivity index (χ3n) is 2.96. The molecule has 0 unspecified atom stereocenters. The SMILES string of the molecule is CN(Cc1cccc(F)c1)S(=O)(=O)c1cc(Br)ccc1N. The molecule has 0 aromatic heterocycles. The van der Waals surface area contributed by atoms with Gasteiger partial charge >= 0.3 is 0 Å². The molecule has 0 saturated heterocycles. The number of benzene rings is 2. The Balaban J connectivity index is 2.33. The number of halogens is 2.